The Kier molecular flexibility index (Phi) is 4.21. The van der Waals surface area contributed by atoms with Gasteiger partial charge in [-0.2, -0.15) is 0 Å². The third kappa shape index (κ3) is 4.52. The van der Waals surface area contributed by atoms with Gasteiger partial charge in [0.2, 0.25) is 5.91 Å². The second kappa shape index (κ2) is 5.14. The molecule has 18 heavy (non-hydrogen) atoms. The molecule has 0 aromatic carbocycles. The molecule has 0 aromatic heterocycles. The summed E-state index contributed by atoms with van der Waals surface area (Å²) in [5.74, 6) is -0.123. The number of amides is 2. The summed E-state index contributed by atoms with van der Waals surface area (Å²) < 4.78 is 5.18. The standard InChI is InChI=1S/C12H22N2O4/c1-9(15)13-6-5-12(17)7-14(8-12)10(16)18-11(2,3)4/h17H,5-8H2,1-4H3,(H,13,15). The molecular formula is C12H22N2O4. The highest BCUT2D eigenvalue weighted by molar-refractivity contribution is 5.72. The fourth-order valence-electron chi connectivity index (χ4n) is 1.75. The van der Waals surface area contributed by atoms with Gasteiger partial charge >= 0.3 is 6.09 Å². The molecule has 6 nitrogen and oxygen atoms in total. The zero-order valence-corrected chi connectivity index (χ0v) is 11.4. The Labute approximate surface area is 107 Å². The molecule has 2 amide bonds. The van der Waals surface area contributed by atoms with Crippen molar-refractivity contribution in [2.45, 2.75) is 45.3 Å². The molecule has 2 N–H and O–H groups in total. The number of likely N-dealkylation sites (tertiary alicyclic amines) is 1. The molecule has 1 fully saturated rings. The first-order valence-electron chi connectivity index (χ1n) is 6.06. The van der Waals surface area contributed by atoms with E-state index in [2.05, 4.69) is 5.32 Å². The van der Waals surface area contributed by atoms with Crippen LogP contribution in [-0.4, -0.2) is 52.8 Å². The van der Waals surface area contributed by atoms with E-state index in [9.17, 15) is 14.7 Å². The molecule has 0 spiro atoms. The molecule has 1 saturated heterocycles. The summed E-state index contributed by atoms with van der Waals surface area (Å²) in [5.41, 5.74) is -1.43. The summed E-state index contributed by atoms with van der Waals surface area (Å²) in [5, 5.41) is 12.7. The van der Waals surface area contributed by atoms with E-state index in [0.717, 1.165) is 0 Å². The van der Waals surface area contributed by atoms with Gasteiger partial charge in [-0.3, -0.25) is 4.79 Å². The Morgan fingerprint density at radius 2 is 1.94 bits per heavy atom. The Morgan fingerprint density at radius 3 is 2.39 bits per heavy atom. The van der Waals surface area contributed by atoms with Crippen molar-refractivity contribution in [3.63, 3.8) is 0 Å². The molecule has 0 unspecified atom stereocenters. The first-order valence-corrected chi connectivity index (χ1v) is 6.06. The molecule has 0 radical (unpaired) electrons. The van der Waals surface area contributed by atoms with Crippen molar-refractivity contribution in [3.05, 3.63) is 0 Å². The first kappa shape index (κ1) is 14.8. The Bertz CT molecular complexity index is 329. The zero-order chi connectivity index (χ0) is 14.0. The smallest absolute Gasteiger partial charge is 0.410 e. The molecule has 1 heterocycles. The Balaban J connectivity index is 2.29. The van der Waals surface area contributed by atoms with E-state index in [1.165, 1.54) is 11.8 Å². The Morgan fingerprint density at radius 1 is 1.39 bits per heavy atom. The van der Waals surface area contributed by atoms with Crippen molar-refractivity contribution in [2.24, 2.45) is 0 Å². The number of nitrogens with one attached hydrogen (secondary N) is 1. The predicted octanol–water partition coefficient (Wildman–Crippen LogP) is 0.494. The van der Waals surface area contributed by atoms with Crippen LogP contribution in [0.5, 0.6) is 0 Å². The van der Waals surface area contributed by atoms with E-state index in [-0.39, 0.29) is 19.0 Å². The third-order valence-corrected chi connectivity index (χ3v) is 2.59. The topological polar surface area (TPSA) is 78.9 Å². The average molecular weight is 258 g/mol. The minimum atomic E-state index is -0.903. The molecule has 0 saturated carbocycles. The van der Waals surface area contributed by atoms with E-state index in [0.29, 0.717) is 13.0 Å². The lowest BCUT2D eigenvalue weighted by atomic mass is 9.91. The van der Waals surface area contributed by atoms with Crippen molar-refractivity contribution in [3.8, 4) is 0 Å². The van der Waals surface area contributed by atoms with Crippen molar-refractivity contribution in [2.75, 3.05) is 19.6 Å². The number of carbonyl (C=O) groups is 2. The number of aliphatic hydroxyl groups is 1. The summed E-state index contributed by atoms with van der Waals surface area (Å²) in [6, 6.07) is 0. The summed E-state index contributed by atoms with van der Waals surface area (Å²) in [6.07, 6.45) is 0.0259. The fourth-order valence-corrected chi connectivity index (χ4v) is 1.75. The molecule has 1 aliphatic rings. The van der Waals surface area contributed by atoms with Gasteiger partial charge in [-0.1, -0.05) is 0 Å². The van der Waals surface area contributed by atoms with Gasteiger partial charge in [0.05, 0.1) is 13.1 Å². The summed E-state index contributed by atoms with van der Waals surface area (Å²) in [7, 11) is 0. The number of rotatable bonds is 3. The first-order chi connectivity index (χ1) is 8.11. The normalized spacial score (nSPS) is 17.9. The SMILES string of the molecule is CC(=O)NCCC1(O)CN(C(=O)OC(C)(C)C)C1. The van der Waals surface area contributed by atoms with Crippen molar-refractivity contribution in [1.29, 1.82) is 0 Å². The lowest BCUT2D eigenvalue weighted by molar-refractivity contribution is -0.120. The maximum Gasteiger partial charge on any atom is 0.410 e. The van der Waals surface area contributed by atoms with Crippen LogP contribution in [0.25, 0.3) is 0 Å². The maximum atomic E-state index is 11.6. The van der Waals surface area contributed by atoms with Crippen LogP contribution in [0.15, 0.2) is 0 Å². The molecule has 1 rings (SSSR count). The largest absolute Gasteiger partial charge is 0.444 e. The van der Waals surface area contributed by atoms with Gasteiger partial charge in [0.1, 0.15) is 11.2 Å². The van der Waals surface area contributed by atoms with Gasteiger partial charge in [-0.25, -0.2) is 4.79 Å². The molecular weight excluding hydrogens is 236 g/mol. The summed E-state index contributed by atoms with van der Waals surface area (Å²) >= 11 is 0. The average Bonchev–Trinajstić information content (AvgIpc) is 2.10. The molecule has 0 bridgehead atoms. The minimum Gasteiger partial charge on any atom is -0.444 e. The van der Waals surface area contributed by atoms with Gasteiger partial charge in [0.15, 0.2) is 0 Å². The molecule has 0 aromatic rings. The highest BCUT2D eigenvalue weighted by atomic mass is 16.6. The third-order valence-electron chi connectivity index (χ3n) is 2.59. The Hall–Kier alpha value is -1.30. The van der Waals surface area contributed by atoms with E-state index in [4.69, 9.17) is 4.74 Å². The van der Waals surface area contributed by atoms with Crippen LogP contribution in [0.3, 0.4) is 0 Å². The monoisotopic (exact) mass is 258 g/mol. The number of nitrogens with zero attached hydrogens (tertiary/aromatic N) is 1. The second-order valence-corrected chi connectivity index (χ2v) is 5.79. The number of hydrogen-bond acceptors (Lipinski definition) is 4. The van der Waals surface area contributed by atoms with Crippen LogP contribution < -0.4 is 5.32 Å². The highest BCUT2D eigenvalue weighted by Crippen LogP contribution is 2.25. The van der Waals surface area contributed by atoms with Crippen molar-refractivity contribution < 1.29 is 19.4 Å². The summed E-state index contributed by atoms with van der Waals surface area (Å²) in [6.45, 7) is 7.74. The van der Waals surface area contributed by atoms with Crippen molar-refractivity contribution >= 4 is 12.0 Å². The minimum absolute atomic E-state index is 0.123. The molecule has 6 heteroatoms. The van der Waals surface area contributed by atoms with Gasteiger partial charge < -0.3 is 20.1 Å². The maximum absolute atomic E-state index is 11.6. The van der Waals surface area contributed by atoms with Gasteiger partial charge in [-0.05, 0) is 27.2 Å². The van der Waals surface area contributed by atoms with E-state index in [1.54, 1.807) is 20.8 Å². The van der Waals surface area contributed by atoms with Crippen LogP contribution in [-0.2, 0) is 9.53 Å². The van der Waals surface area contributed by atoms with Gasteiger partial charge in [-0.15, -0.1) is 0 Å². The zero-order valence-electron chi connectivity index (χ0n) is 11.4. The quantitative estimate of drug-likeness (QED) is 0.772. The number of carbonyl (C=O) groups excluding carboxylic acids is 2. The van der Waals surface area contributed by atoms with Crippen LogP contribution in [0, 0.1) is 0 Å². The van der Waals surface area contributed by atoms with Gasteiger partial charge in [0, 0.05) is 13.5 Å². The van der Waals surface area contributed by atoms with Crippen LogP contribution in [0.4, 0.5) is 4.79 Å². The number of hydrogen-bond donors (Lipinski definition) is 2. The fraction of sp³-hybridized carbons (Fsp3) is 0.833. The molecule has 1 aliphatic heterocycles. The lowest BCUT2D eigenvalue weighted by Crippen LogP contribution is -2.64. The summed E-state index contributed by atoms with van der Waals surface area (Å²) in [4.78, 5) is 23.8. The van der Waals surface area contributed by atoms with Crippen LogP contribution in [0.1, 0.15) is 34.1 Å². The van der Waals surface area contributed by atoms with E-state index < -0.39 is 17.3 Å². The highest BCUT2D eigenvalue weighted by Gasteiger charge is 2.44. The second-order valence-electron chi connectivity index (χ2n) is 5.79. The molecule has 104 valence electrons. The van der Waals surface area contributed by atoms with Crippen LogP contribution >= 0.6 is 0 Å². The van der Waals surface area contributed by atoms with Gasteiger partial charge in [0.25, 0.3) is 0 Å². The van der Waals surface area contributed by atoms with E-state index >= 15 is 0 Å². The molecule has 0 aliphatic carbocycles. The number of ether oxygens (including phenoxy) is 1. The molecule has 0 atom stereocenters. The lowest BCUT2D eigenvalue weighted by Gasteiger charge is -2.46. The van der Waals surface area contributed by atoms with Crippen LogP contribution in [0.2, 0.25) is 0 Å². The van der Waals surface area contributed by atoms with E-state index in [1.807, 2.05) is 0 Å². The van der Waals surface area contributed by atoms with Crippen molar-refractivity contribution in [1.82, 2.24) is 10.2 Å². The number of β-amino-alcohol motifs (C(OH)–C–C–N with tert-alkyl or cyclic N) is 1. The predicted molar refractivity (Wildman–Crippen MR) is 66.1 cm³/mol.